The second kappa shape index (κ2) is 8.86. The molecule has 3 rings (SSSR count). The Morgan fingerprint density at radius 3 is 2.25 bits per heavy atom. The first-order valence-electron chi connectivity index (χ1n) is 8.93. The lowest BCUT2D eigenvalue weighted by molar-refractivity contribution is 0.175. The number of hydrogen-bond donors (Lipinski definition) is 2. The molecule has 24 heavy (non-hydrogen) atoms. The fourth-order valence-corrected chi connectivity index (χ4v) is 3.26. The number of rotatable bonds is 7. The molecule has 1 aliphatic carbocycles. The van der Waals surface area contributed by atoms with E-state index in [9.17, 15) is 5.11 Å². The number of hydrogen-bond acceptors (Lipinski definition) is 3. The molecule has 0 radical (unpaired) electrons. The summed E-state index contributed by atoms with van der Waals surface area (Å²) in [5.74, 6) is 1.43. The average molecular weight is 325 g/mol. The van der Waals surface area contributed by atoms with Crippen LogP contribution in [0.15, 0.2) is 54.6 Å². The van der Waals surface area contributed by atoms with Gasteiger partial charge in [0.15, 0.2) is 0 Å². The topological polar surface area (TPSA) is 41.5 Å². The quantitative estimate of drug-likeness (QED) is 0.811. The molecule has 1 saturated carbocycles. The van der Waals surface area contributed by atoms with E-state index >= 15 is 0 Å². The lowest BCUT2D eigenvalue weighted by Crippen LogP contribution is -2.33. The normalized spacial score (nSPS) is 20.7. The summed E-state index contributed by atoms with van der Waals surface area (Å²) >= 11 is 0. The van der Waals surface area contributed by atoms with Crippen molar-refractivity contribution >= 4 is 0 Å². The highest BCUT2D eigenvalue weighted by atomic mass is 16.5. The molecule has 3 nitrogen and oxygen atoms in total. The van der Waals surface area contributed by atoms with Crippen LogP contribution in [0.3, 0.4) is 0 Å². The van der Waals surface area contributed by atoms with E-state index in [1.165, 1.54) is 24.0 Å². The minimum absolute atomic E-state index is 0.344. The van der Waals surface area contributed by atoms with Gasteiger partial charge >= 0.3 is 0 Å². The Morgan fingerprint density at radius 2 is 1.58 bits per heavy atom. The van der Waals surface area contributed by atoms with Gasteiger partial charge in [0, 0.05) is 19.2 Å². The van der Waals surface area contributed by atoms with Gasteiger partial charge in [-0.25, -0.2) is 0 Å². The Morgan fingerprint density at radius 1 is 0.875 bits per heavy atom. The van der Waals surface area contributed by atoms with Crippen molar-refractivity contribution in [1.82, 2.24) is 5.32 Å². The number of benzene rings is 2. The summed E-state index contributed by atoms with van der Waals surface area (Å²) in [6.07, 6.45) is 4.62. The maximum absolute atomic E-state index is 9.20. The van der Waals surface area contributed by atoms with Gasteiger partial charge in [0.2, 0.25) is 0 Å². The number of ether oxygens (including phenoxy) is 1. The predicted molar refractivity (Wildman–Crippen MR) is 96.9 cm³/mol. The van der Waals surface area contributed by atoms with Gasteiger partial charge in [-0.2, -0.15) is 0 Å². The van der Waals surface area contributed by atoms with Crippen LogP contribution in [0, 0.1) is 5.92 Å². The zero-order chi connectivity index (χ0) is 16.6. The first kappa shape index (κ1) is 17.0. The van der Waals surface area contributed by atoms with Crippen molar-refractivity contribution in [3.8, 4) is 5.75 Å². The maximum atomic E-state index is 9.20. The predicted octanol–water partition coefficient (Wildman–Crippen LogP) is 3.91. The molecule has 0 aliphatic heterocycles. The van der Waals surface area contributed by atoms with E-state index in [4.69, 9.17) is 4.74 Å². The minimum atomic E-state index is 0.344. The molecule has 1 fully saturated rings. The number of nitrogens with one attached hydrogen (secondary N) is 1. The van der Waals surface area contributed by atoms with Gasteiger partial charge in [-0.05, 0) is 54.9 Å². The Kier molecular flexibility index (Phi) is 6.27. The smallest absolute Gasteiger partial charge is 0.119 e. The molecule has 2 N–H and O–H groups in total. The van der Waals surface area contributed by atoms with Crippen molar-refractivity contribution in [2.75, 3.05) is 6.61 Å². The van der Waals surface area contributed by atoms with Gasteiger partial charge < -0.3 is 15.2 Å². The molecule has 0 unspecified atom stereocenters. The van der Waals surface area contributed by atoms with Crippen LogP contribution in [0.2, 0.25) is 0 Å². The highest BCUT2D eigenvalue weighted by Gasteiger charge is 2.19. The molecule has 1 aliphatic rings. The molecular formula is C21H27NO2. The highest BCUT2D eigenvalue weighted by Crippen LogP contribution is 2.24. The molecule has 0 spiro atoms. The van der Waals surface area contributed by atoms with Crippen LogP contribution in [-0.4, -0.2) is 17.8 Å². The molecule has 0 amide bonds. The summed E-state index contributed by atoms with van der Waals surface area (Å²) in [7, 11) is 0. The van der Waals surface area contributed by atoms with E-state index in [0.717, 1.165) is 25.1 Å². The summed E-state index contributed by atoms with van der Waals surface area (Å²) in [6.45, 7) is 1.84. The second-order valence-electron chi connectivity index (χ2n) is 6.70. The third-order valence-electron chi connectivity index (χ3n) is 4.87. The van der Waals surface area contributed by atoms with Crippen LogP contribution in [0.4, 0.5) is 0 Å². The standard InChI is InChI=1S/C21H27NO2/c23-15-18-6-10-20(11-7-18)22-14-17-8-12-21(13-9-17)24-16-19-4-2-1-3-5-19/h1-5,8-9,12-13,18,20,22-23H,6-7,10-11,14-16H2. The van der Waals surface area contributed by atoms with Crippen LogP contribution < -0.4 is 10.1 Å². The van der Waals surface area contributed by atoms with Crippen LogP contribution >= 0.6 is 0 Å². The molecule has 0 aromatic heterocycles. The Bertz CT molecular complexity index is 589. The van der Waals surface area contributed by atoms with Crippen molar-refractivity contribution in [3.05, 3.63) is 65.7 Å². The second-order valence-corrected chi connectivity index (χ2v) is 6.70. The maximum Gasteiger partial charge on any atom is 0.119 e. The van der Waals surface area contributed by atoms with Crippen molar-refractivity contribution in [1.29, 1.82) is 0 Å². The van der Waals surface area contributed by atoms with Crippen molar-refractivity contribution < 1.29 is 9.84 Å². The first-order valence-corrected chi connectivity index (χ1v) is 8.93. The summed E-state index contributed by atoms with van der Waals surface area (Å²) in [5, 5.41) is 12.8. The first-order chi connectivity index (χ1) is 11.8. The third kappa shape index (κ3) is 5.08. The largest absolute Gasteiger partial charge is 0.489 e. The molecule has 2 aromatic carbocycles. The van der Waals surface area contributed by atoms with Crippen LogP contribution in [0.1, 0.15) is 36.8 Å². The summed E-state index contributed by atoms with van der Waals surface area (Å²) in [6, 6.07) is 19.2. The van der Waals surface area contributed by atoms with Crippen molar-refractivity contribution in [2.45, 2.75) is 44.9 Å². The Hall–Kier alpha value is -1.84. The lowest BCUT2D eigenvalue weighted by atomic mass is 9.86. The summed E-state index contributed by atoms with van der Waals surface area (Å²) in [5.41, 5.74) is 2.47. The Balaban J connectivity index is 1.41. The number of aliphatic hydroxyl groups is 1. The minimum Gasteiger partial charge on any atom is -0.489 e. The third-order valence-corrected chi connectivity index (χ3v) is 4.87. The molecule has 3 heteroatoms. The zero-order valence-electron chi connectivity index (χ0n) is 14.2. The van der Waals surface area contributed by atoms with E-state index in [2.05, 4.69) is 29.6 Å². The molecule has 0 bridgehead atoms. The van der Waals surface area contributed by atoms with Crippen molar-refractivity contribution in [3.63, 3.8) is 0 Å². The zero-order valence-corrected chi connectivity index (χ0v) is 14.2. The summed E-state index contributed by atoms with van der Waals surface area (Å²) < 4.78 is 5.82. The van der Waals surface area contributed by atoms with Crippen LogP contribution in [-0.2, 0) is 13.2 Å². The molecular weight excluding hydrogens is 298 g/mol. The van der Waals surface area contributed by atoms with Gasteiger partial charge in [0.05, 0.1) is 0 Å². The van der Waals surface area contributed by atoms with Crippen LogP contribution in [0.25, 0.3) is 0 Å². The van der Waals surface area contributed by atoms with Gasteiger partial charge in [-0.15, -0.1) is 0 Å². The van der Waals surface area contributed by atoms with E-state index in [1.807, 2.05) is 30.3 Å². The molecule has 128 valence electrons. The number of aliphatic hydroxyl groups excluding tert-OH is 1. The fraction of sp³-hybridized carbons (Fsp3) is 0.429. The summed E-state index contributed by atoms with van der Waals surface area (Å²) in [4.78, 5) is 0. The lowest BCUT2D eigenvalue weighted by Gasteiger charge is -2.28. The van der Waals surface area contributed by atoms with Gasteiger partial charge in [0.25, 0.3) is 0 Å². The molecule has 0 heterocycles. The van der Waals surface area contributed by atoms with Crippen molar-refractivity contribution in [2.24, 2.45) is 5.92 Å². The average Bonchev–Trinajstić information content (AvgIpc) is 2.67. The van der Waals surface area contributed by atoms with E-state index < -0.39 is 0 Å². The van der Waals surface area contributed by atoms with E-state index in [1.54, 1.807) is 0 Å². The van der Waals surface area contributed by atoms with Gasteiger partial charge in [-0.3, -0.25) is 0 Å². The van der Waals surface area contributed by atoms with Gasteiger partial charge in [-0.1, -0.05) is 42.5 Å². The van der Waals surface area contributed by atoms with Gasteiger partial charge in [0.1, 0.15) is 12.4 Å². The highest BCUT2D eigenvalue weighted by molar-refractivity contribution is 5.27. The Labute approximate surface area is 144 Å². The van der Waals surface area contributed by atoms with E-state index in [0.29, 0.717) is 25.2 Å². The monoisotopic (exact) mass is 325 g/mol. The fourth-order valence-electron chi connectivity index (χ4n) is 3.26. The SMILES string of the molecule is OCC1CCC(NCc2ccc(OCc3ccccc3)cc2)CC1. The van der Waals surface area contributed by atoms with Crippen LogP contribution in [0.5, 0.6) is 5.75 Å². The molecule has 0 saturated heterocycles. The van der Waals surface area contributed by atoms with E-state index in [-0.39, 0.29) is 0 Å². The molecule has 0 atom stereocenters. The molecule has 2 aromatic rings.